The van der Waals surface area contributed by atoms with Gasteiger partial charge in [0.05, 0.1) is 5.52 Å². The summed E-state index contributed by atoms with van der Waals surface area (Å²) >= 11 is 1.27. The Morgan fingerprint density at radius 3 is 2.48 bits per heavy atom. The third kappa shape index (κ3) is 4.33. The maximum absolute atomic E-state index is 13.0. The molecule has 0 aliphatic heterocycles. The van der Waals surface area contributed by atoms with Gasteiger partial charge in [-0.3, -0.25) is 18.7 Å². The molecule has 3 aromatic rings. The number of fused-ring (bicyclic) bond motifs is 1. The number of rotatable bonds is 7. The molecule has 0 spiro atoms. The van der Waals surface area contributed by atoms with E-state index in [9.17, 15) is 14.4 Å². The van der Waals surface area contributed by atoms with Gasteiger partial charge in [-0.2, -0.15) is 0 Å². The van der Waals surface area contributed by atoms with E-state index in [1.165, 1.54) is 20.5 Å². The zero-order valence-electron chi connectivity index (χ0n) is 17.1. The number of hydrogen-bond donors (Lipinski definition) is 1. The van der Waals surface area contributed by atoms with Crippen molar-refractivity contribution in [1.82, 2.24) is 9.13 Å². The van der Waals surface area contributed by atoms with Crippen LogP contribution in [0.1, 0.15) is 23.1 Å². The van der Waals surface area contributed by atoms with Crippen molar-refractivity contribution >= 4 is 33.1 Å². The molecular formula is C21H25N3O4S. The number of aryl methyl sites for hydroxylation is 3. The largest absolute Gasteiger partial charge is 0.385 e. The molecule has 0 aliphatic carbocycles. The highest BCUT2D eigenvalue weighted by Crippen LogP contribution is 2.22. The van der Waals surface area contributed by atoms with E-state index in [4.69, 9.17) is 4.74 Å². The van der Waals surface area contributed by atoms with Crippen LogP contribution in [0, 0.1) is 20.8 Å². The molecule has 29 heavy (non-hydrogen) atoms. The van der Waals surface area contributed by atoms with Gasteiger partial charge in [-0.05, 0) is 49.8 Å². The Morgan fingerprint density at radius 2 is 1.83 bits per heavy atom. The first kappa shape index (κ1) is 21.0. The van der Waals surface area contributed by atoms with Gasteiger partial charge in [0.2, 0.25) is 5.91 Å². The number of carbonyl (C=O) groups is 1. The van der Waals surface area contributed by atoms with Crippen molar-refractivity contribution in [3.05, 3.63) is 61.1 Å². The molecule has 0 aliphatic rings. The first-order valence-electron chi connectivity index (χ1n) is 9.41. The van der Waals surface area contributed by atoms with E-state index < -0.39 is 5.69 Å². The van der Waals surface area contributed by atoms with Crippen LogP contribution >= 0.6 is 11.3 Å². The fourth-order valence-corrected chi connectivity index (χ4v) is 4.39. The van der Waals surface area contributed by atoms with Gasteiger partial charge in [-0.25, -0.2) is 4.79 Å². The lowest BCUT2D eigenvalue weighted by atomic mass is 10.1. The maximum Gasteiger partial charge on any atom is 0.332 e. The van der Waals surface area contributed by atoms with E-state index >= 15 is 0 Å². The highest BCUT2D eigenvalue weighted by Gasteiger charge is 2.17. The monoisotopic (exact) mass is 415 g/mol. The summed E-state index contributed by atoms with van der Waals surface area (Å²) in [4.78, 5) is 38.4. The fraction of sp³-hybridized carbons (Fsp3) is 0.381. The highest BCUT2D eigenvalue weighted by molar-refractivity contribution is 7.17. The van der Waals surface area contributed by atoms with Gasteiger partial charge in [0.25, 0.3) is 5.56 Å². The molecule has 1 N–H and O–H groups in total. The molecule has 0 radical (unpaired) electrons. The van der Waals surface area contributed by atoms with Crippen LogP contribution in [0.3, 0.4) is 0 Å². The third-order valence-corrected chi connectivity index (χ3v) is 5.70. The number of carbonyl (C=O) groups excluding carboxylic acids is 1. The van der Waals surface area contributed by atoms with Gasteiger partial charge in [0, 0.05) is 25.9 Å². The molecule has 3 rings (SSSR count). The highest BCUT2D eigenvalue weighted by atomic mass is 32.1. The van der Waals surface area contributed by atoms with E-state index in [1.54, 1.807) is 18.6 Å². The average molecular weight is 416 g/mol. The van der Waals surface area contributed by atoms with Crippen LogP contribution in [0.4, 0.5) is 5.69 Å². The van der Waals surface area contributed by atoms with Gasteiger partial charge < -0.3 is 10.1 Å². The van der Waals surface area contributed by atoms with Crippen molar-refractivity contribution in [2.45, 2.75) is 40.3 Å². The van der Waals surface area contributed by atoms with Crippen LogP contribution in [-0.4, -0.2) is 28.8 Å². The van der Waals surface area contributed by atoms with Gasteiger partial charge in [-0.1, -0.05) is 17.7 Å². The van der Waals surface area contributed by atoms with Crippen molar-refractivity contribution in [2.24, 2.45) is 0 Å². The van der Waals surface area contributed by atoms with Crippen molar-refractivity contribution < 1.29 is 9.53 Å². The lowest BCUT2D eigenvalue weighted by molar-refractivity contribution is -0.116. The second kappa shape index (κ2) is 8.75. The van der Waals surface area contributed by atoms with E-state index in [0.717, 1.165) is 22.4 Å². The fourth-order valence-electron chi connectivity index (χ4n) is 3.55. The lowest BCUT2D eigenvalue weighted by Gasteiger charge is -2.15. The predicted molar refractivity (Wildman–Crippen MR) is 116 cm³/mol. The van der Waals surface area contributed by atoms with Gasteiger partial charge >= 0.3 is 5.69 Å². The summed E-state index contributed by atoms with van der Waals surface area (Å²) in [5.74, 6) is -0.309. The number of methoxy groups -OCH3 is 1. The molecule has 1 amide bonds. The van der Waals surface area contributed by atoms with Gasteiger partial charge in [-0.15, -0.1) is 11.3 Å². The summed E-state index contributed by atoms with van der Waals surface area (Å²) in [5.41, 5.74) is 3.49. The topological polar surface area (TPSA) is 82.3 Å². The van der Waals surface area contributed by atoms with Gasteiger partial charge in [0.1, 0.15) is 11.2 Å². The standard InChI is InChI=1S/C21H25N3O4S/c1-13-10-14(2)18(15(3)11-13)22-17(25)12-24-16-6-9-29-19(16)20(26)23(21(24)27)7-5-8-28-4/h6,9-11H,5,7-8,12H2,1-4H3,(H,22,25). The van der Waals surface area contributed by atoms with Crippen molar-refractivity contribution in [1.29, 1.82) is 0 Å². The summed E-state index contributed by atoms with van der Waals surface area (Å²) in [6, 6.07) is 5.71. The number of anilines is 1. The number of amides is 1. The number of nitrogens with one attached hydrogen (secondary N) is 1. The average Bonchev–Trinajstić information content (AvgIpc) is 3.14. The molecule has 0 atom stereocenters. The Balaban J connectivity index is 1.95. The van der Waals surface area contributed by atoms with E-state index in [0.29, 0.717) is 23.2 Å². The Labute approximate surface area is 172 Å². The molecule has 0 fully saturated rings. The predicted octanol–water partition coefficient (Wildman–Crippen LogP) is 2.83. The molecule has 8 heteroatoms. The Bertz CT molecular complexity index is 1150. The molecule has 1 aromatic carbocycles. The van der Waals surface area contributed by atoms with Crippen molar-refractivity contribution in [3.8, 4) is 0 Å². The first-order valence-corrected chi connectivity index (χ1v) is 10.3. The Kier molecular flexibility index (Phi) is 6.34. The van der Waals surface area contributed by atoms with Crippen LogP contribution in [0.5, 0.6) is 0 Å². The molecule has 154 valence electrons. The van der Waals surface area contributed by atoms with Gasteiger partial charge in [0.15, 0.2) is 0 Å². The number of thiophene rings is 1. The van der Waals surface area contributed by atoms with E-state index in [-0.39, 0.29) is 24.6 Å². The first-order chi connectivity index (χ1) is 13.8. The third-order valence-electron chi connectivity index (χ3n) is 4.81. The van der Waals surface area contributed by atoms with Crippen molar-refractivity contribution in [2.75, 3.05) is 19.0 Å². The van der Waals surface area contributed by atoms with E-state index in [2.05, 4.69) is 5.32 Å². The number of nitrogens with zero attached hydrogens (tertiary/aromatic N) is 2. The van der Waals surface area contributed by atoms with E-state index in [1.807, 2.05) is 32.9 Å². The summed E-state index contributed by atoms with van der Waals surface area (Å²) in [7, 11) is 1.57. The van der Waals surface area contributed by atoms with Crippen LogP contribution < -0.4 is 16.6 Å². The lowest BCUT2D eigenvalue weighted by Crippen LogP contribution is -2.41. The van der Waals surface area contributed by atoms with Crippen LogP contribution in [-0.2, 0) is 22.6 Å². The maximum atomic E-state index is 13.0. The summed E-state index contributed by atoms with van der Waals surface area (Å²) in [5, 5.41) is 4.68. The summed E-state index contributed by atoms with van der Waals surface area (Å²) in [6.07, 6.45) is 0.538. The molecule has 2 aromatic heterocycles. The van der Waals surface area contributed by atoms with Crippen molar-refractivity contribution in [3.63, 3.8) is 0 Å². The molecule has 7 nitrogen and oxygen atoms in total. The zero-order chi connectivity index (χ0) is 21.1. The molecule has 0 bridgehead atoms. The van der Waals surface area contributed by atoms with Crippen LogP contribution in [0.2, 0.25) is 0 Å². The van der Waals surface area contributed by atoms with Crippen LogP contribution in [0.25, 0.3) is 10.2 Å². The number of hydrogen-bond acceptors (Lipinski definition) is 5. The number of benzene rings is 1. The smallest absolute Gasteiger partial charge is 0.332 e. The minimum absolute atomic E-state index is 0.163. The SMILES string of the molecule is COCCCn1c(=O)c2sccc2n(CC(=O)Nc2c(C)cc(C)cc2C)c1=O. The molecular weight excluding hydrogens is 390 g/mol. The second-order valence-corrected chi connectivity index (χ2v) is 8.04. The zero-order valence-corrected chi connectivity index (χ0v) is 17.9. The Hall–Kier alpha value is -2.71. The quantitative estimate of drug-likeness (QED) is 0.602. The molecule has 0 saturated carbocycles. The molecule has 2 heterocycles. The number of ether oxygens (including phenoxy) is 1. The van der Waals surface area contributed by atoms with Crippen LogP contribution in [0.15, 0.2) is 33.2 Å². The molecule has 0 unspecified atom stereocenters. The minimum Gasteiger partial charge on any atom is -0.385 e. The molecule has 0 saturated heterocycles. The Morgan fingerprint density at radius 1 is 1.14 bits per heavy atom. The number of aromatic nitrogens is 2. The second-order valence-electron chi connectivity index (χ2n) is 7.13. The summed E-state index contributed by atoms with van der Waals surface area (Å²) < 4.78 is 8.05. The minimum atomic E-state index is -0.482. The normalized spacial score (nSPS) is 11.2. The summed E-state index contributed by atoms with van der Waals surface area (Å²) in [6.45, 7) is 6.41.